The van der Waals surface area contributed by atoms with Crippen LogP contribution in [0.5, 0.6) is 0 Å². The Morgan fingerprint density at radius 2 is 0.692 bits per heavy atom. The van der Waals surface area contributed by atoms with Crippen LogP contribution in [-0.2, 0) is 82.1 Å². The molecule has 104 heavy (non-hydrogen) atoms. The number of benzene rings is 6. The molecule has 18 heterocycles. The zero-order chi connectivity index (χ0) is 69.7. The summed E-state index contributed by atoms with van der Waals surface area (Å²) in [7, 11) is 16.9. The van der Waals surface area contributed by atoms with E-state index >= 15 is 0 Å². The second kappa shape index (κ2) is 22.5. The Labute approximate surface area is 600 Å². The van der Waals surface area contributed by atoms with Crippen LogP contribution in [0.1, 0.15) is 45.0 Å². The fourth-order valence-electron chi connectivity index (χ4n) is 19.3. The van der Waals surface area contributed by atoms with Crippen LogP contribution in [-0.4, -0.2) is 76.7 Å². The summed E-state index contributed by atoms with van der Waals surface area (Å²) in [5, 5.41) is 6.37. The number of hydrogen-bond acceptors (Lipinski definition) is 10. The normalized spacial score (nSPS) is 13.5. The molecule has 0 bridgehead atoms. The molecule has 488 valence electrons. The van der Waals surface area contributed by atoms with Crippen LogP contribution >= 0.6 is 0 Å². The molecule has 8 aliphatic rings. The first kappa shape index (κ1) is 60.3. The van der Waals surface area contributed by atoms with Crippen molar-refractivity contribution in [1.29, 1.82) is 0 Å². The lowest BCUT2D eigenvalue weighted by Gasteiger charge is -2.29. The third-order valence-corrected chi connectivity index (χ3v) is 23.5. The summed E-state index contributed by atoms with van der Waals surface area (Å²) in [5.74, 6) is 0. The second-order valence-electron chi connectivity index (χ2n) is 29.0. The van der Waals surface area contributed by atoms with Crippen LogP contribution in [0.2, 0.25) is 0 Å². The Bertz CT molecular complexity index is 5780. The van der Waals surface area contributed by atoms with Crippen molar-refractivity contribution in [2.75, 3.05) is 0 Å². The third-order valence-electron chi connectivity index (χ3n) is 23.5. The van der Waals surface area contributed by atoms with Crippen molar-refractivity contribution in [1.82, 2.24) is 49.8 Å². The smallest absolute Gasteiger partial charge is 0.264 e. The summed E-state index contributed by atoms with van der Waals surface area (Å²) in [6, 6.07) is 41.5. The van der Waals surface area contributed by atoms with E-state index in [-0.39, 0.29) is 26.9 Å². The van der Waals surface area contributed by atoms with Crippen molar-refractivity contribution < 1.29 is 36.5 Å². The van der Waals surface area contributed by atoms with E-state index in [1.165, 1.54) is 161 Å². The summed E-state index contributed by atoms with van der Waals surface area (Å²) in [5.41, 5.74) is 38.9. The number of aromatic nitrogens is 18. The third kappa shape index (κ3) is 8.49. The minimum atomic E-state index is 0.0864. The molecule has 16 aromatic rings. The minimum Gasteiger partial charge on any atom is -0.264 e. The Kier molecular flexibility index (Phi) is 13.1. The number of pyridine rings is 2. The van der Waals surface area contributed by atoms with E-state index in [2.05, 4.69) is 257 Å². The Balaban J connectivity index is 0.0000000896. The SMILES string of the molecule is C[n+]1ccnc2c1B1c3c(cccc3-c3cccc4cc[n+](C)c1c34)C2.C[n+]1ccnc2c1B1c3c(cccc3-c3cccc4nc[n+](C)c1c34)C2.C[n+]1ccnc2c1B1c3c(cncc3-c3cccc4nc[n+](C)c1c34)C2.C[n+]1cncc2c1B1c3c(ncnc3-c3cccc4nc[n+](C)c1c34)C2. The van der Waals surface area contributed by atoms with E-state index in [1.54, 1.807) is 6.33 Å². The minimum absolute atomic E-state index is 0.0864. The fourth-order valence-corrected chi connectivity index (χ4v) is 19.3. The molecular formula is C82H66B4N18+8. The van der Waals surface area contributed by atoms with Crippen molar-refractivity contribution in [3.05, 3.63) is 254 Å². The van der Waals surface area contributed by atoms with Crippen LogP contribution < -0.4 is 103 Å². The first-order chi connectivity index (χ1) is 50.9. The number of aryl methyl sites for hydroxylation is 8. The maximum atomic E-state index is 4.75. The van der Waals surface area contributed by atoms with Crippen molar-refractivity contribution in [2.24, 2.45) is 56.4 Å². The molecule has 0 saturated heterocycles. The average molecular weight is 1350 g/mol. The second-order valence-corrected chi connectivity index (χ2v) is 29.0. The quantitative estimate of drug-likeness (QED) is 0.118. The molecule has 24 rings (SSSR count). The molecule has 0 saturated carbocycles. The molecule has 0 spiro atoms. The molecule has 18 nitrogen and oxygen atoms in total. The number of hydrogen-bond donors (Lipinski definition) is 0. The summed E-state index contributed by atoms with van der Waals surface area (Å²) >= 11 is 0. The maximum absolute atomic E-state index is 4.75. The van der Waals surface area contributed by atoms with Crippen LogP contribution in [0.3, 0.4) is 0 Å². The highest BCUT2D eigenvalue weighted by Gasteiger charge is 2.53. The number of fused-ring (bicyclic) bond motifs is 16. The molecule has 10 aromatic heterocycles. The predicted octanol–water partition coefficient (Wildman–Crippen LogP) is -2.49. The van der Waals surface area contributed by atoms with Gasteiger partial charge in [-0.25, -0.2) is 61.5 Å². The first-order valence-corrected chi connectivity index (χ1v) is 35.6. The molecular weight excluding hydrogens is 1280 g/mol. The van der Waals surface area contributed by atoms with Crippen molar-refractivity contribution in [2.45, 2.75) is 25.7 Å². The van der Waals surface area contributed by atoms with Crippen LogP contribution in [0, 0.1) is 0 Å². The topological polar surface area (TPSA) is 160 Å². The highest BCUT2D eigenvalue weighted by atomic mass is 15.0. The fraction of sp³-hybridized carbons (Fsp3) is 0.146. The number of rotatable bonds is 0. The Morgan fingerprint density at radius 3 is 1.25 bits per heavy atom. The van der Waals surface area contributed by atoms with Gasteiger partial charge in [-0.3, -0.25) is 4.98 Å². The van der Waals surface area contributed by atoms with E-state index < -0.39 is 0 Å². The summed E-state index contributed by atoms with van der Waals surface area (Å²) < 4.78 is 17.7. The van der Waals surface area contributed by atoms with Gasteiger partial charge in [0, 0.05) is 66.4 Å². The van der Waals surface area contributed by atoms with Gasteiger partial charge in [0.1, 0.15) is 57.8 Å². The monoisotopic (exact) mass is 1350 g/mol. The summed E-state index contributed by atoms with van der Waals surface area (Å²) in [6.45, 7) is 0.653. The highest BCUT2D eigenvalue weighted by molar-refractivity contribution is 6.99. The molecule has 6 aromatic carbocycles. The van der Waals surface area contributed by atoms with Gasteiger partial charge in [0.2, 0.25) is 0 Å². The van der Waals surface area contributed by atoms with Gasteiger partial charge >= 0.3 is 26.9 Å². The van der Waals surface area contributed by atoms with Gasteiger partial charge in [-0.1, -0.05) is 96.0 Å². The van der Waals surface area contributed by atoms with Crippen molar-refractivity contribution >= 4 is 137 Å². The summed E-state index contributed by atoms with van der Waals surface area (Å²) in [4.78, 5) is 46.5. The number of nitrogens with zero attached hydrogens (tertiary/aromatic N) is 18. The average Bonchev–Trinajstić information content (AvgIpc) is 0.724. The van der Waals surface area contributed by atoms with Gasteiger partial charge in [0.05, 0.1) is 91.0 Å². The maximum Gasteiger partial charge on any atom is 0.410 e. The van der Waals surface area contributed by atoms with Crippen molar-refractivity contribution in [3.8, 4) is 44.6 Å². The molecule has 8 aliphatic heterocycles. The van der Waals surface area contributed by atoms with Gasteiger partial charge in [-0.15, -0.1) is 0 Å². The lowest BCUT2D eigenvalue weighted by Crippen LogP contribution is -2.74. The van der Waals surface area contributed by atoms with Gasteiger partial charge in [0.25, 0.3) is 25.3 Å². The van der Waals surface area contributed by atoms with E-state index in [0.717, 1.165) is 64.9 Å². The Hall–Kier alpha value is -12.4. The molecule has 22 heteroatoms. The standard InChI is InChI=1S/C22H18BN3.C21H17BN4.C20H16BN5.C19H15BN6/c1-25-11-9-14-5-3-7-16-17-8-4-6-15-13-18-21(26(2)12-10-24-18)23(20(15)17)22(25)19(14)16;1-25-10-9-23-17-11-13-5-3-7-15-14-6-4-8-16-18(14)21(26(2)12-24-16)22(19(13)15)20(17)25;1-25-7-6-23-16-8-12-9-22-10-14-13-4-3-5-15-17(13)20(26(2)11-24-15)21(18(12)14)19(16)25;1-25-9-21-7-11-6-14-16-17(23-8-22-14)12-4-3-5-13-15(12)19(20(16)18(11)25)26(2)10-24-13/h3-12H,13H2,1-2H3;3-10,12H,11H2,1-2H3;3-7,9-11H,8H2,1-2H3;3-5,7-10H,6H2,1-2H3/q4*+2. The van der Waals surface area contributed by atoms with E-state index in [4.69, 9.17) is 19.9 Å². The van der Waals surface area contributed by atoms with Crippen LogP contribution in [0.25, 0.3) is 88.1 Å². The molecule has 0 radical (unpaired) electrons. The Morgan fingerprint density at radius 1 is 0.279 bits per heavy atom. The van der Waals surface area contributed by atoms with Crippen LogP contribution in [0.4, 0.5) is 0 Å². The zero-order valence-corrected chi connectivity index (χ0v) is 58.8. The molecule has 0 amide bonds. The summed E-state index contributed by atoms with van der Waals surface area (Å²) in [6.07, 6.45) is 32.9. The van der Waals surface area contributed by atoms with Gasteiger partial charge in [0.15, 0.2) is 63.7 Å². The van der Waals surface area contributed by atoms with Gasteiger partial charge in [-0.05, 0) is 110 Å². The van der Waals surface area contributed by atoms with Gasteiger partial charge in [-0.2, -0.15) is 0 Å². The first-order valence-electron chi connectivity index (χ1n) is 35.6. The van der Waals surface area contributed by atoms with Gasteiger partial charge < -0.3 is 0 Å². The van der Waals surface area contributed by atoms with Crippen molar-refractivity contribution in [3.63, 3.8) is 0 Å². The highest BCUT2D eigenvalue weighted by Crippen LogP contribution is 2.36. The lowest BCUT2D eigenvalue weighted by atomic mass is 9.33. The predicted molar refractivity (Wildman–Crippen MR) is 401 cm³/mol. The largest absolute Gasteiger partial charge is 0.410 e. The zero-order valence-electron chi connectivity index (χ0n) is 58.8. The molecule has 0 fully saturated rings. The molecule has 0 unspecified atom stereocenters. The molecule has 0 atom stereocenters. The molecule has 0 N–H and O–H groups in total. The van der Waals surface area contributed by atoms with Crippen LogP contribution in [0.15, 0.2) is 209 Å². The van der Waals surface area contributed by atoms with E-state index in [0.29, 0.717) is 0 Å². The lowest BCUT2D eigenvalue weighted by molar-refractivity contribution is -0.661. The van der Waals surface area contributed by atoms with E-state index in [9.17, 15) is 0 Å². The van der Waals surface area contributed by atoms with E-state index in [1.807, 2.05) is 68.7 Å². The molecule has 0 aliphatic carbocycles.